The van der Waals surface area contributed by atoms with Gasteiger partial charge in [-0.3, -0.25) is 4.98 Å². The summed E-state index contributed by atoms with van der Waals surface area (Å²) in [5, 5.41) is 14.6. The molecule has 2 aromatic carbocycles. The van der Waals surface area contributed by atoms with Crippen LogP contribution in [0.15, 0.2) is 54.7 Å². The summed E-state index contributed by atoms with van der Waals surface area (Å²) < 4.78 is 26.5. The van der Waals surface area contributed by atoms with Gasteiger partial charge in [-0.25, -0.2) is 9.18 Å². The van der Waals surface area contributed by atoms with E-state index in [1.54, 1.807) is 6.20 Å². The van der Waals surface area contributed by atoms with Crippen LogP contribution in [0.3, 0.4) is 0 Å². The summed E-state index contributed by atoms with van der Waals surface area (Å²) in [5.41, 5.74) is 4.78. The first-order valence-electron chi connectivity index (χ1n) is 16.7. The monoisotopic (exact) mass is 648 g/mol. The second kappa shape index (κ2) is 13.2. The number of aromatic nitrogens is 1. The van der Waals surface area contributed by atoms with Gasteiger partial charge >= 0.3 is 5.97 Å². The summed E-state index contributed by atoms with van der Waals surface area (Å²) in [5.74, 6) is 1.29. The zero-order valence-corrected chi connectivity index (χ0v) is 28.1. The third kappa shape index (κ3) is 6.13. The maximum Gasteiger partial charge on any atom is 0.331 e. The Bertz CT molecular complexity index is 1570. The first kappa shape index (κ1) is 32.8. The number of aliphatic hydroxyl groups is 1. The molecule has 3 aliphatic rings. The molecule has 0 aliphatic heterocycles. The van der Waals surface area contributed by atoms with E-state index >= 15 is 0 Å². The molecule has 46 heavy (non-hydrogen) atoms. The number of ether oxygens (including phenoxy) is 2. The first-order valence-corrected chi connectivity index (χ1v) is 17.1. The van der Waals surface area contributed by atoms with E-state index in [1.807, 2.05) is 43.3 Å². The number of pyridine rings is 1. The number of methoxy groups -OCH3 is 1. The molecule has 0 radical (unpaired) electrons. The third-order valence-electron chi connectivity index (χ3n) is 11.0. The lowest BCUT2D eigenvalue weighted by atomic mass is 9.59. The average Bonchev–Trinajstić information content (AvgIpc) is 3.33. The minimum Gasteiger partial charge on any atom is -0.493 e. The molecule has 0 saturated heterocycles. The number of nitrogens with zero attached hydrogens (tertiary/aromatic N) is 1. The van der Waals surface area contributed by atoms with Gasteiger partial charge in [-0.1, -0.05) is 49.7 Å². The van der Waals surface area contributed by atoms with Gasteiger partial charge in [0.2, 0.25) is 0 Å². The molecule has 5 atom stereocenters. The fraction of sp³-hybridized carbons (Fsp3) is 0.526. The van der Waals surface area contributed by atoms with Crippen LogP contribution in [-0.4, -0.2) is 35.3 Å². The molecule has 0 bridgehead atoms. The molecule has 2 unspecified atom stereocenters. The van der Waals surface area contributed by atoms with Gasteiger partial charge in [0.15, 0.2) is 0 Å². The molecule has 3 aliphatic carbocycles. The molecule has 1 spiro atoms. The maximum absolute atomic E-state index is 14.7. The first-order chi connectivity index (χ1) is 22.0. The van der Waals surface area contributed by atoms with Crippen LogP contribution in [0.1, 0.15) is 112 Å². The zero-order valence-electron chi connectivity index (χ0n) is 27.3. The smallest absolute Gasteiger partial charge is 0.331 e. The van der Waals surface area contributed by atoms with Gasteiger partial charge in [-0.05, 0) is 122 Å². The van der Waals surface area contributed by atoms with E-state index in [2.05, 4.69) is 36.3 Å². The van der Waals surface area contributed by atoms with E-state index in [0.717, 1.165) is 54.7 Å². The molecule has 1 saturated carbocycles. The Hall–Kier alpha value is -3.16. The highest BCUT2D eigenvalue weighted by molar-refractivity contribution is 6.30. The van der Waals surface area contributed by atoms with Crippen LogP contribution in [0, 0.1) is 11.8 Å². The second-order valence-corrected chi connectivity index (χ2v) is 14.5. The van der Waals surface area contributed by atoms with Crippen LogP contribution in [0.25, 0.3) is 0 Å². The standard InChI is InChI=1S/C38H46ClFN2O4/c1-23(22-46-33-12-17-41-35-32(40)11-8-24(2)34(33)35)18-28-19-27-10-9-26(25(3)43)20-31(27)37(28)13-15-38(16-14-37,36(44)45-4)42-30-7-5-6-29(39)21-30/h5-7,9-10,12,17,20-21,23-25,28,32,42-43H,8,11,13-16,18-19,22H2,1-4H3/t23-,24-,25?,28?,32-,37?,38?/m1/s1. The van der Waals surface area contributed by atoms with Gasteiger partial charge in [0.1, 0.15) is 17.5 Å². The van der Waals surface area contributed by atoms with Gasteiger partial charge in [0.05, 0.1) is 25.5 Å². The quantitative estimate of drug-likeness (QED) is 0.226. The minimum absolute atomic E-state index is 0.145. The molecule has 1 aromatic heterocycles. The van der Waals surface area contributed by atoms with E-state index in [4.69, 9.17) is 21.1 Å². The van der Waals surface area contributed by atoms with Crippen molar-refractivity contribution in [3.8, 4) is 5.75 Å². The molecule has 3 aromatic rings. The Morgan fingerprint density at radius 1 is 1.13 bits per heavy atom. The topological polar surface area (TPSA) is 80.7 Å². The fourth-order valence-corrected chi connectivity index (χ4v) is 8.70. The normalized spacial score (nSPS) is 28.2. The van der Waals surface area contributed by atoms with Crippen LogP contribution in [0.2, 0.25) is 5.02 Å². The maximum atomic E-state index is 14.7. The van der Waals surface area contributed by atoms with E-state index in [-0.39, 0.29) is 23.2 Å². The molecular weight excluding hydrogens is 603 g/mol. The van der Waals surface area contributed by atoms with Gasteiger partial charge < -0.3 is 19.9 Å². The lowest BCUT2D eigenvalue weighted by Crippen LogP contribution is -2.53. The highest BCUT2D eigenvalue weighted by Gasteiger charge is 2.54. The van der Waals surface area contributed by atoms with Gasteiger partial charge in [0, 0.05) is 22.5 Å². The number of rotatable bonds is 9. The van der Waals surface area contributed by atoms with Gasteiger partial charge in [0.25, 0.3) is 0 Å². The Balaban J connectivity index is 1.25. The molecular formula is C38H46ClFN2O4. The van der Waals surface area contributed by atoms with Crippen molar-refractivity contribution in [2.75, 3.05) is 19.0 Å². The molecule has 246 valence electrons. The fourth-order valence-electron chi connectivity index (χ4n) is 8.51. The van der Waals surface area contributed by atoms with Crippen molar-refractivity contribution >= 4 is 23.3 Å². The van der Waals surface area contributed by atoms with Crippen molar-refractivity contribution < 1.29 is 23.8 Å². The van der Waals surface area contributed by atoms with E-state index < -0.39 is 17.8 Å². The number of anilines is 1. The lowest BCUT2D eigenvalue weighted by Gasteiger charge is -2.48. The van der Waals surface area contributed by atoms with Crippen molar-refractivity contribution in [1.82, 2.24) is 4.98 Å². The number of carbonyl (C=O) groups excluding carboxylic acids is 1. The Morgan fingerprint density at radius 2 is 1.91 bits per heavy atom. The van der Waals surface area contributed by atoms with Crippen LogP contribution >= 0.6 is 11.6 Å². The number of nitrogens with one attached hydrogen (secondary N) is 1. The molecule has 8 heteroatoms. The number of benzene rings is 2. The number of carbonyl (C=O) groups is 1. The van der Waals surface area contributed by atoms with E-state index in [9.17, 15) is 14.3 Å². The molecule has 0 amide bonds. The zero-order chi connectivity index (χ0) is 32.6. The van der Waals surface area contributed by atoms with Gasteiger partial charge in [-0.2, -0.15) is 0 Å². The number of halogens is 2. The van der Waals surface area contributed by atoms with Crippen molar-refractivity contribution in [2.24, 2.45) is 11.8 Å². The lowest BCUT2D eigenvalue weighted by molar-refractivity contribution is -0.148. The second-order valence-electron chi connectivity index (χ2n) is 14.1. The van der Waals surface area contributed by atoms with Crippen LogP contribution in [0.4, 0.5) is 10.1 Å². The molecule has 6 nitrogen and oxygen atoms in total. The third-order valence-corrected chi connectivity index (χ3v) is 11.2. The summed E-state index contributed by atoms with van der Waals surface area (Å²) in [6.45, 7) is 6.70. The molecule has 6 rings (SSSR count). The molecule has 1 fully saturated rings. The summed E-state index contributed by atoms with van der Waals surface area (Å²) in [6.07, 6.45) is 6.08. The number of aliphatic hydroxyl groups excluding tert-OH is 1. The van der Waals surface area contributed by atoms with Crippen LogP contribution < -0.4 is 10.1 Å². The summed E-state index contributed by atoms with van der Waals surface area (Å²) >= 11 is 6.29. The molecule has 2 N–H and O–H groups in total. The number of alkyl halides is 1. The summed E-state index contributed by atoms with van der Waals surface area (Å²) in [6, 6.07) is 15.8. The van der Waals surface area contributed by atoms with Crippen molar-refractivity contribution in [3.05, 3.63) is 87.7 Å². The van der Waals surface area contributed by atoms with Crippen molar-refractivity contribution in [2.45, 2.75) is 101 Å². The predicted molar refractivity (Wildman–Crippen MR) is 179 cm³/mol. The van der Waals surface area contributed by atoms with Crippen LogP contribution in [-0.2, 0) is 21.4 Å². The largest absolute Gasteiger partial charge is 0.493 e. The Labute approximate surface area is 277 Å². The predicted octanol–water partition coefficient (Wildman–Crippen LogP) is 8.81. The van der Waals surface area contributed by atoms with E-state index in [1.165, 1.54) is 18.2 Å². The number of fused-ring (bicyclic) bond motifs is 3. The Morgan fingerprint density at radius 3 is 2.63 bits per heavy atom. The minimum atomic E-state index is -1.03. The Kier molecular flexibility index (Phi) is 9.37. The summed E-state index contributed by atoms with van der Waals surface area (Å²) in [7, 11) is 1.45. The highest BCUT2D eigenvalue weighted by atomic mass is 35.5. The SMILES string of the molecule is COC(=O)C1(Nc2cccc(Cl)c2)CCC2(CC1)c1cc(C(C)O)ccc1CC2C[C@@H](C)COc1ccnc2c1[C@H](C)CC[C@H]2F. The summed E-state index contributed by atoms with van der Waals surface area (Å²) in [4.78, 5) is 17.8. The van der Waals surface area contributed by atoms with Crippen molar-refractivity contribution in [3.63, 3.8) is 0 Å². The van der Waals surface area contributed by atoms with Crippen molar-refractivity contribution in [1.29, 1.82) is 0 Å². The highest BCUT2D eigenvalue weighted by Crippen LogP contribution is 2.56. The van der Waals surface area contributed by atoms with Gasteiger partial charge in [-0.15, -0.1) is 0 Å². The molecule has 1 heterocycles. The van der Waals surface area contributed by atoms with E-state index in [0.29, 0.717) is 42.5 Å². The van der Waals surface area contributed by atoms with Crippen LogP contribution in [0.5, 0.6) is 5.75 Å². The number of hydrogen-bond acceptors (Lipinski definition) is 6. The number of hydrogen-bond donors (Lipinski definition) is 2. The average molecular weight is 649 g/mol. The number of esters is 1.